The zero-order valence-corrected chi connectivity index (χ0v) is 14.9. The predicted molar refractivity (Wildman–Crippen MR) is 92.5 cm³/mol. The Morgan fingerprint density at radius 1 is 1.38 bits per heavy atom. The normalized spacial score (nSPS) is 11.1. The Kier molecular flexibility index (Phi) is 5.79. The van der Waals surface area contributed by atoms with E-state index in [9.17, 15) is 4.39 Å². The first-order chi connectivity index (χ1) is 9.97. The van der Waals surface area contributed by atoms with Gasteiger partial charge in [0.2, 0.25) is 0 Å². The highest BCUT2D eigenvalue weighted by Gasteiger charge is 2.14. The van der Waals surface area contributed by atoms with E-state index in [0.29, 0.717) is 24.8 Å². The number of rotatable bonds is 6. The Balaban J connectivity index is 2.20. The highest BCUT2D eigenvalue weighted by atomic mass is 79.9. The minimum atomic E-state index is -0.171. The third-order valence-corrected chi connectivity index (χ3v) is 4.75. The van der Waals surface area contributed by atoms with Crippen LogP contribution in [0.5, 0.6) is 0 Å². The standard InChI is InChI=1S/C16H20BrFN2S/c1-11(2)19-8-13-5-4-6-14(18)16(13)20(3)9-12-7-15(17)21-10-12/h4-7,10-11,19H,8-9H2,1-3H3. The lowest BCUT2D eigenvalue weighted by Gasteiger charge is -2.23. The summed E-state index contributed by atoms with van der Waals surface area (Å²) in [5.74, 6) is -0.171. The molecular weight excluding hydrogens is 351 g/mol. The van der Waals surface area contributed by atoms with Crippen LogP contribution in [0.1, 0.15) is 25.0 Å². The molecule has 5 heteroatoms. The molecule has 0 aliphatic carbocycles. The molecule has 0 atom stereocenters. The fraction of sp³-hybridized carbons (Fsp3) is 0.375. The largest absolute Gasteiger partial charge is 0.368 e. The molecule has 0 fully saturated rings. The lowest BCUT2D eigenvalue weighted by atomic mass is 10.1. The van der Waals surface area contributed by atoms with E-state index in [0.717, 1.165) is 9.35 Å². The molecule has 1 N–H and O–H groups in total. The first-order valence-corrected chi connectivity index (χ1v) is 8.59. The Bertz CT molecular complexity index is 598. The Hall–Kier alpha value is -0.910. The maximum atomic E-state index is 14.3. The average molecular weight is 371 g/mol. The van der Waals surface area contributed by atoms with Crippen LogP contribution in [0, 0.1) is 5.82 Å². The maximum Gasteiger partial charge on any atom is 0.146 e. The molecule has 0 aliphatic heterocycles. The number of nitrogens with one attached hydrogen (secondary N) is 1. The van der Waals surface area contributed by atoms with E-state index in [1.54, 1.807) is 17.4 Å². The van der Waals surface area contributed by atoms with Crippen molar-refractivity contribution in [3.8, 4) is 0 Å². The van der Waals surface area contributed by atoms with Crippen molar-refractivity contribution in [2.75, 3.05) is 11.9 Å². The third kappa shape index (κ3) is 4.53. The van der Waals surface area contributed by atoms with Crippen molar-refractivity contribution in [1.29, 1.82) is 0 Å². The van der Waals surface area contributed by atoms with Crippen molar-refractivity contribution in [1.82, 2.24) is 5.32 Å². The van der Waals surface area contributed by atoms with Crippen LogP contribution in [0.2, 0.25) is 0 Å². The summed E-state index contributed by atoms with van der Waals surface area (Å²) in [7, 11) is 1.93. The van der Waals surface area contributed by atoms with Crippen molar-refractivity contribution in [3.63, 3.8) is 0 Å². The van der Waals surface area contributed by atoms with Gasteiger partial charge in [0.1, 0.15) is 5.82 Å². The first kappa shape index (κ1) is 16.5. The fourth-order valence-corrected chi connectivity index (χ4v) is 3.43. The van der Waals surface area contributed by atoms with Crippen molar-refractivity contribution in [2.24, 2.45) is 0 Å². The second-order valence-electron chi connectivity index (χ2n) is 5.40. The number of hydrogen-bond acceptors (Lipinski definition) is 3. The van der Waals surface area contributed by atoms with Gasteiger partial charge in [-0.15, -0.1) is 11.3 Å². The van der Waals surface area contributed by atoms with E-state index in [-0.39, 0.29) is 5.82 Å². The zero-order valence-electron chi connectivity index (χ0n) is 12.5. The summed E-state index contributed by atoms with van der Waals surface area (Å²) in [4.78, 5) is 1.97. The molecule has 0 saturated carbocycles. The van der Waals surface area contributed by atoms with E-state index in [1.165, 1.54) is 11.6 Å². The maximum absolute atomic E-state index is 14.3. The molecule has 0 amide bonds. The minimum absolute atomic E-state index is 0.171. The molecule has 114 valence electrons. The van der Waals surface area contributed by atoms with Gasteiger partial charge in [-0.05, 0) is 44.6 Å². The van der Waals surface area contributed by atoms with Gasteiger partial charge in [0, 0.05) is 26.2 Å². The molecule has 2 nitrogen and oxygen atoms in total. The molecule has 1 aromatic heterocycles. The van der Waals surface area contributed by atoms with Gasteiger partial charge in [-0.1, -0.05) is 26.0 Å². The molecule has 0 aliphatic rings. The fourth-order valence-electron chi connectivity index (χ4n) is 2.23. The molecule has 0 spiro atoms. The first-order valence-electron chi connectivity index (χ1n) is 6.92. The van der Waals surface area contributed by atoms with E-state index < -0.39 is 0 Å². The van der Waals surface area contributed by atoms with Crippen LogP contribution in [0.4, 0.5) is 10.1 Å². The van der Waals surface area contributed by atoms with Crippen LogP contribution in [0.3, 0.4) is 0 Å². The molecule has 0 radical (unpaired) electrons. The summed E-state index contributed by atoms with van der Waals surface area (Å²) in [5.41, 5.74) is 2.84. The molecule has 0 bridgehead atoms. The van der Waals surface area contributed by atoms with E-state index in [1.807, 2.05) is 18.0 Å². The topological polar surface area (TPSA) is 15.3 Å². The second kappa shape index (κ2) is 7.38. The van der Waals surface area contributed by atoms with E-state index in [4.69, 9.17) is 0 Å². The molecule has 2 aromatic rings. The summed E-state index contributed by atoms with van der Waals surface area (Å²) in [6, 6.07) is 7.72. The summed E-state index contributed by atoms with van der Waals surface area (Å²) in [5, 5.41) is 5.44. The van der Waals surface area contributed by atoms with Gasteiger partial charge >= 0.3 is 0 Å². The molecule has 2 rings (SSSR count). The van der Waals surface area contributed by atoms with Gasteiger partial charge in [0.05, 0.1) is 9.47 Å². The molecular formula is C16H20BrFN2S. The van der Waals surface area contributed by atoms with Gasteiger partial charge in [-0.25, -0.2) is 4.39 Å². The molecule has 0 unspecified atom stereocenters. The van der Waals surface area contributed by atoms with Crippen molar-refractivity contribution in [2.45, 2.75) is 33.0 Å². The van der Waals surface area contributed by atoms with Crippen LogP contribution in [0.15, 0.2) is 33.4 Å². The quantitative estimate of drug-likeness (QED) is 0.786. The van der Waals surface area contributed by atoms with Crippen LogP contribution in [-0.2, 0) is 13.1 Å². The molecule has 21 heavy (non-hydrogen) atoms. The Morgan fingerprint density at radius 3 is 2.76 bits per heavy atom. The summed E-state index contributed by atoms with van der Waals surface area (Å²) < 4.78 is 15.4. The lowest BCUT2D eigenvalue weighted by Crippen LogP contribution is -2.25. The van der Waals surface area contributed by atoms with Gasteiger partial charge in [0.15, 0.2) is 0 Å². The second-order valence-corrected chi connectivity index (χ2v) is 7.69. The number of halogens is 2. The SMILES string of the molecule is CC(C)NCc1cccc(F)c1N(C)Cc1csc(Br)c1. The Labute approximate surface area is 138 Å². The van der Waals surface area contributed by atoms with E-state index >= 15 is 0 Å². The smallest absolute Gasteiger partial charge is 0.146 e. The lowest BCUT2D eigenvalue weighted by molar-refractivity contribution is 0.579. The van der Waals surface area contributed by atoms with Gasteiger partial charge in [0.25, 0.3) is 0 Å². The van der Waals surface area contributed by atoms with Crippen LogP contribution >= 0.6 is 27.3 Å². The highest BCUT2D eigenvalue weighted by molar-refractivity contribution is 9.11. The van der Waals surface area contributed by atoms with Crippen LogP contribution < -0.4 is 10.2 Å². The highest BCUT2D eigenvalue weighted by Crippen LogP contribution is 2.27. The summed E-state index contributed by atoms with van der Waals surface area (Å²) >= 11 is 5.11. The summed E-state index contributed by atoms with van der Waals surface area (Å²) in [6.07, 6.45) is 0. The van der Waals surface area contributed by atoms with Gasteiger partial charge in [-0.3, -0.25) is 0 Å². The summed E-state index contributed by atoms with van der Waals surface area (Å²) in [6.45, 7) is 5.54. The average Bonchev–Trinajstić information content (AvgIpc) is 2.81. The molecule has 1 heterocycles. The van der Waals surface area contributed by atoms with Crippen LogP contribution in [0.25, 0.3) is 0 Å². The molecule has 1 aromatic carbocycles. The van der Waals surface area contributed by atoms with Crippen LogP contribution in [-0.4, -0.2) is 13.1 Å². The number of thiophene rings is 1. The minimum Gasteiger partial charge on any atom is -0.368 e. The molecule has 0 saturated heterocycles. The third-order valence-electron chi connectivity index (χ3n) is 3.19. The number of para-hydroxylation sites is 1. The van der Waals surface area contributed by atoms with E-state index in [2.05, 4.69) is 46.5 Å². The van der Waals surface area contributed by atoms with Gasteiger partial charge in [-0.2, -0.15) is 0 Å². The monoisotopic (exact) mass is 370 g/mol. The predicted octanol–water partition coefficient (Wildman–Crippen LogP) is 4.78. The number of hydrogen-bond donors (Lipinski definition) is 1. The Morgan fingerprint density at radius 2 is 2.14 bits per heavy atom. The zero-order chi connectivity index (χ0) is 15.4. The van der Waals surface area contributed by atoms with Crippen molar-refractivity contribution >= 4 is 33.0 Å². The number of nitrogens with zero attached hydrogens (tertiary/aromatic N) is 1. The van der Waals surface area contributed by atoms with Gasteiger partial charge < -0.3 is 10.2 Å². The number of anilines is 1. The van der Waals surface area contributed by atoms with Crippen molar-refractivity contribution < 1.29 is 4.39 Å². The van der Waals surface area contributed by atoms with Crippen molar-refractivity contribution in [3.05, 3.63) is 50.4 Å². The number of benzene rings is 1.